The fraction of sp³-hybridized carbons (Fsp3) is 0.278. The average molecular weight is 397 g/mol. The van der Waals surface area contributed by atoms with E-state index in [0.29, 0.717) is 18.8 Å². The predicted octanol–water partition coefficient (Wildman–Crippen LogP) is 3.05. The Labute approximate surface area is 157 Å². The highest BCUT2D eigenvalue weighted by molar-refractivity contribution is 7.89. The molecule has 2 aromatic rings. The molecule has 0 saturated carbocycles. The molecule has 146 valence electrons. The van der Waals surface area contributed by atoms with Gasteiger partial charge in [-0.05, 0) is 36.4 Å². The molecule has 2 N–H and O–H groups in total. The van der Waals surface area contributed by atoms with Crippen LogP contribution < -0.4 is 10.6 Å². The second-order valence-corrected chi connectivity index (χ2v) is 7.61. The molecule has 0 saturated heterocycles. The van der Waals surface area contributed by atoms with Gasteiger partial charge in [0.05, 0.1) is 11.4 Å². The molecule has 0 aliphatic rings. The van der Waals surface area contributed by atoms with Crippen molar-refractivity contribution in [3.8, 4) is 0 Å². The van der Waals surface area contributed by atoms with Crippen LogP contribution in [0.4, 0.5) is 20.2 Å². The molecule has 0 fully saturated rings. The van der Waals surface area contributed by atoms with Crippen molar-refractivity contribution in [3.05, 3.63) is 54.1 Å². The summed E-state index contributed by atoms with van der Waals surface area (Å²) in [5, 5.41) is 5.20. The van der Waals surface area contributed by atoms with Crippen molar-refractivity contribution in [3.63, 3.8) is 0 Å². The minimum Gasteiger partial charge on any atom is -0.376 e. The normalized spacial score (nSPS) is 11.4. The van der Waals surface area contributed by atoms with Crippen molar-refractivity contribution >= 4 is 27.3 Å². The first kappa shape index (κ1) is 20.8. The fourth-order valence-electron chi connectivity index (χ4n) is 2.47. The summed E-state index contributed by atoms with van der Waals surface area (Å²) >= 11 is 0. The number of anilines is 2. The second-order valence-electron chi connectivity index (χ2n) is 5.67. The number of nitrogens with zero attached hydrogens (tertiary/aromatic N) is 1. The number of rotatable bonds is 8. The highest BCUT2D eigenvalue weighted by Gasteiger charge is 2.21. The summed E-state index contributed by atoms with van der Waals surface area (Å²) in [4.78, 5) is 12.1. The minimum atomic E-state index is -3.56. The van der Waals surface area contributed by atoms with Gasteiger partial charge in [0.1, 0.15) is 11.6 Å². The first-order chi connectivity index (χ1) is 12.8. The SMILES string of the molecule is CCN(CC)S(=O)(=O)c1ccc(NC(=O)CNc2cc(F)cc(F)c2)cc1. The van der Waals surface area contributed by atoms with Crippen molar-refractivity contribution in [1.82, 2.24) is 4.31 Å². The summed E-state index contributed by atoms with van der Waals surface area (Å²) in [6.07, 6.45) is 0. The summed E-state index contributed by atoms with van der Waals surface area (Å²) in [5.74, 6) is -1.94. The maximum absolute atomic E-state index is 13.1. The molecule has 6 nitrogen and oxygen atoms in total. The number of carbonyl (C=O) groups is 1. The first-order valence-corrected chi connectivity index (χ1v) is 9.80. The molecule has 0 radical (unpaired) electrons. The van der Waals surface area contributed by atoms with E-state index in [1.165, 1.54) is 28.6 Å². The van der Waals surface area contributed by atoms with Gasteiger partial charge in [-0.2, -0.15) is 4.31 Å². The van der Waals surface area contributed by atoms with Crippen LogP contribution in [0.3, 0.4) is 0 Å². The topological polar surface area (TPSA) is 78.5 Å². The molecule has 1 amide bonds. The molecule has 9 heteroatoms. The monoisotopic (exact) mass is 397 g/mol. The number of amides is 1. The third-order valence-electron chi connectivity index (χ3n) is 3.80. The molecular formula is C18H21F2N3O3S. The standard InChI is InChI=1S/C18H21F2N3O3S/c1-3-23(4-2)27(25,26)17-7-5-15(6-8-17)22-18(24)12-21-16-10-13(19)9-14(20)11-16/h5-11,21H,3-4,12H2,1-2H3,(H,22,24). The molecule has 0 heterocycles. The van der Waals surface area contributed by atoms with Crippen molar-refractivity contribution in [2.75, 3.05) is 30.3 Å². The van der Waals surface area contributed by atoms with Crippen molar-refractivity contribution in [2.24, 2.45) is 0 Å². The summed E-state index contributed by atoms with van der Waals surface area (Å²) in [6, 6.07) is 8.68. The van der Waals surface area contributed by atoms with Gasteiger partial charge < -0.3 is 10.6 Å². The van der Waals surface area contributed by atoms with Gasteiger partial charge in [0.25, 0.3) is 0 Å². The number of nitrogens with one attached hydrogen (secondary N) is 2. The van der Waals surface area contributed by atoms with Crippen LogP contribution in [0.25, 0.3) is 0 Å². The number of halogens is 2. The molecule has 2 aromatic carbocycles. The predicted molar refractivity (Wildman–Crippen MR) is 100 cm³/mol. The van der Waals surface area contributed by atoms with Crippen LogP contribution in [0.1, 0.15) is 13.8 Å². The molecule has 0 unspecified atom stereocenters. The Kier molecular flexibility index (Phi) is 6.86. The lowest BCUT2D eigenvalue weighted by molar-refractivity contribution is -0.114. The lowest BCUT2D eigenvalue weighted by Gasteiger charge is -2.18. The minimum absolute atomic E-state index is 0.137. The molecule has 0 aliphatic carbocycles. The van der Waals surface area contributed by atoms with Crippen LogP contribution in [0.5, 0.6) is 0 Å². The first-order valence-electron chi connectivity index (χ1n) is 8.36. The van der Waals surface area contributed by atoms with Crippen molar-refractivity contribution in [1.29, 1.82) is 0 Å². The number of hydrogen-bond donors (Lipinski definition) is 2. The zero-order chi connectivity index (χ0) is 20.0. The molecule has 0 aliphatic heterocycles. The van der Waals surface area contributed by atoms with E-state index in [4.69, 9.17) is 0 Å². The van der Waals surface area contributed by atoms with Gasteiger partial charge in [-0.15, -0.1) is 0 Å². The van der Waals surface area contributed by atoms with E-state index in [9.17, 15) is 22.0 Å². The van der Waals surface area contributed by atoms with Gasteiger partial charge >= 0.3 is 0 Å². The summed E-state index contributed by atoms with van der Waals surface area (Å²) in [7, 11) is -3.56. The van der Waals surface area contributed by atoms with Gasteiger partial charge in [0, 0.05) is 30.5 Å². The van der Waals surface area contributed by atoms with Gasteiger partial charge in [0.2, 0.25) is 15.9 Å². The third-order valence-corrected chi connectivity index (χ3v) is 5.86. The van der Waals surface area contributed by atoms with Crippen molar-refractivity contribution < 1.29 is 22.0 Å². The van der Waals surface area contributed by atoms with Crippen LogP contribution in [0.2, 0.25) is 0 Å². The van der Waals surface area contributed by atoms with Gasteiger partial charge in [-0.25, -0.2) is 17.2 Å². The summed E-state index contributed by atoms with van der Waals surface area (Å²) in [5.41, 5.74) is 0.550. The Morgan fingerprint density at radius 3 is 2.04 bits per heavy atom. The highest BCUT2D eigenvalue weighted by Crippen LogP contribution is 2.18. The second kappa shape index (κ2) is 8.92. The molecular weight excluding hydrogens is 376 g/mol. The largest absolute Gasteiger partial charge is 0.376 e. The lowest BCUT2D eigenvalue weighted by atomic mass is 10.3. The quantitative estimate of drug-likeness (QED) is 0.718. The smallest absolute Gasteiger partial charge is 0.243 e. The Balaban J connectivity index is 1.98. The fourth-order valence-corrected chi connectivity index (χ4v) is 3.92. The number of hydrogen-bond acceptors (Lipinski definition) is 4. The molecule has 2 rings (SSSR count). The highest BCUT2D eigenvalue weighted by atomic mass is 32.2. The van der Waals surface area contributed by atoms with Crippen LogP contribution >= 0.6 is 0 Å². The van der Waals surface area contributed by atoms with E-state index in [0.717, 1.165) is 18.2 Å². The van der Waals surface area contributed by atoms with E-state index in [-0.39, 0.29) is 17.1 Å². The third kappa shape index (κ3) is 5.48. The van der Waals surface area contributed by atoms with E-state index in [2.05, 4.69) is 10.6 Å². The summed E-state index contributed by atoms with van der Waals surface area (Å²) < 4.78 is 52.4. The Bertz CT molecular complexity index is 878. The molecule has 0 spiro atoms. The van der Waals surface area contributed by atoms with Crippen LogP contribution in [-0.2, 0) is 14.8 Å². The molecule has 0 bridgehead atoms. The van der Waals surface area contributed by atoms with E-state index >= 15 is 0 Å². The molecule has 0 atom stereocenters. The maximum Gasteiger partial charge on any atom is 0.243 e. The average Bonchev–Trinajstić information content (AvgIpc) is 2.60. The van der Waals surface area contributed by atoms with E-state index in [1.807, 2.05) is 0 Å². The zero-order valence-corrected chi connectivity index (χ0v) is 15.8. The zero-order valence-electron chi connectivity index (χ0n) is 15.0. The van der Waals surface area contributed by atoms with Crippen molar-refractivity contribution in [2.45, 2.75) is 18.7 Å². The lowest BCUT2D eigenvalue weighted by Crippen LogP contribution is -2.30. The van der Waals surface area contributed by atoms with Crippen LogP contribution in [0, 0.1) is 11.6 Å². The molecule has 0 aromatic heterocycles. The van der Waals surface area contributed by atoms with E-state index in [1.54, 1.807) is 13.8 Å². The maximum atomic E-state index is 13.1. The number of sulfonamides is 1. The number of benzene rings is 2. The molecule has 27 heavy (non-hydrogen) atoms. The summed E-state index contributed by atoms with van der Waals surface area (Å²) in [6.45, 7) is 4.04. The van der Waals surface area contributed by atoms with Gasteiger partial charge in [-0.1, -0.05) is 13.8 Å². The Morgan fingerprint density at radius 1 is 0.963 bits per heavy atom. The van der Waals surface area contributed by atoms with Crippen LogP contribution in [0.15, 0.2) is 47.4 Å². The Morgan fingerprint density at radius 2 is 1.52 bits per heavy atom. The van der Waals surface area contributed by atoms with E-state index < -0.39 is 27.6 Å². The van der Waals surface area contributed by atoms with Crippen LogP contribution in [-0.4, -0.2) is 38.3 Å². The van der Waals surface area contributed by atoms with Gasteiger partial charge in [-0.3, -0.25) is 4.79 Å². The Hall–Kier alpha value is -2.52. The van der Waals surface area contributed by atoms with Gasteiger partial charge in [0.15, 0.2) is 0 Å². The number of carbonyl (C=O) groups excluding carboxylic acids is 1.